The van der Waals surface area contributed by atoms with Gasteiger partial charge in [0, 0.05) is 12.6 Å². The van der Waals surface area contributed by atoms with Crippen molar-refractivity contribution in [3.63, 3.8) is 0 Å². The number of hydrogen-bond donors (Lipinski definition) is 1. The zero-order valence-corrected chi connectivity index (χ0v) is 7.77. The SMILES string of the molecule is CN(C)CC1CCCCCN1. The molecular formula is C9H20N2. The third kappa shape index (κ3) is 3.73. The Labute approximate surface area is 70.0 Å². The highest BCUT2D eigenvalue weighted by atomic mass is 15.1. The Bertz CT molecular complexity index is 93.7. The minimum absolute atomic E-state index is 0.743. The molecule has 2 nitrogen and oxygen atoms in total. The Morgan fingerprint density at radius 1 is 1.27 bits per heavy atom. The molecule has 11 heavy (non-hydrogen) atoms. The molecule has 1 rings (SSSR count). The van der Waals surface area contributed by atoms with E-state index in [-0.39, 0.29) is 0 Å². The summed E-state index contributed by atoms with van der Waals surface area (Å²) in [5.41, 5.74) is 0. The molecule has 0 spiro atoms. The first kappa shape index (κ1) is 9.01. The molecule has 1 aliphatic rings. The largest absolute Gasteiger partial charge is 0.313 e. The van der Waals surface area contributed by atoms with Crippen LogP contribution < -0.4 is 5.32 Å². The Balaban J connectivity index is 2.20. The summed E-state index contributed by atoms with van der Waals surface area (Å²) in [5, 5.41) is 3.57. The minimum atomic E-state index is 0.743. The molecule has 1 unspecified atom stereocenters. The normalized spacial score (nSPS) is 27.0. The second kappa shape index (κ2) is 4.73. The Hall–Kier alpha value is -0.0800. The van der Waals surface area contributed by atoms with Crippen molar-refractivity contribution in [1.29, 1.82) is 0 Å². The summed E-state index contributed by atoms with van der Waals surface area (Å²) in [6.45, 7) is 2.42. The Morgan fingerprint density at radius 2 is 2.09 bits per heavy atom. The maximum atomic E-state index is 3.57. The molecule has 1 N–H and O–H groups in total. The fourth-order valence-corrected chi connectivity index (χ4v) is 1.70. The monoisotopic (exact) mass is 156 g/mol. The molecule has 0 amide bonds. The lowest BCUT2D eigenvalue weighted by atomic mass is 10.1. The Kier molecular flexibility index (Phi) is 3.87. The lowest BCUT2D eigenvalue weighted by Gasteiger charge is -2.19. The van der Waals surface area contributed by atoms with Gasteiger partial charge in [-0.3, -0.25) is 0 Å². The van der Waals surface area contributed by atoms with Crippen molar-refractivity contribution < 1.29 is 0 Å². The number of likely N-dealkylation sites (N-methyl/N-ethyl adjacent to an activating group) is 1. The molecule has 2 heteroatoms. The highest BCUT2D eigenvalue weighted by Crippen LogP contribution is 2.08. The molecule has 0 aromatic carbocycles. The van der Waals surface area contributed by atoms with Crippen LogP contribution in [0.2, 0.25) is 0 Å². The predicted molar refractivity (Wildman–Crippen MR) is 48.8 cm³/mol. The van der Waals surface area contributed by atoms with Crippen molar-refractivity contribution in [2.24, 2.45) is 0 Å². The van der Waals surface area contributed by atoms with E-state index >= 15 is 0 Å². The van der Waals surface area contributed by atoms with Gasteiger partial charge in [-0.1, -0.05) is 12.8 Å². The van der Waals surface area contributed by atoms with Crippen molar-refractivity contribution >= 4 is 0 Å². The van der Waals surface area contributed by atoms with E-state index in [4.69, 9.17) is 0 Å². The summed E-state index contributed by atoms with van der Waals surface area (Å²) in [5.74, 6) is 0. The van der Waals surface area contributed by atoms with Crippen LogP contribution in [0, 0.1) is 0 Å². The fourth-order valence-electron chi connectivity index (χ4n) is 1.70. The van der Waals surface area contributed by atoms with E-state index < -0.39 is 0 Å². The van der Waals surface area contributed by atoms with Gasteiger partial charge >= 0.3 is 0 Å². The topological polar surface area (TPSA) is 15.3 Å². The highest BCUT2D eigenvalue weighted by molar-refractivity contribution is 4.72. The van der Waals surface area contributed by atoms with Crippen LogP contribution in [0.15, 0.2) is 0 Å². The molecule has 1 atom stereocenters. The number of nitrogens with one attached hydrogen (secondary N) is 1. The standard InChI is InChI=1S/C9H20N2/c1-11(2)8-9-6-4-3-5-7-10-9/h9-10H,3-8H2,1-2H3. The van der Waals surface area contributed by atoms with Gasteiger partial charge in [-0.2, -0.15) is 0 Å². The summed E-state index contributed by atoms with van der Waals surface area (Å²) in [6.07, 6.45) is 5.55. The summed E-state index contributed by atoms with van der Waals surface area (Å²) in [6, 6.07) is 0.743. The molecule has 0 bridgehead atoms. The third-order valence-corrected chi connectivity index (χ3v) is 2.25. The molecule has 0 aromatic heterocycles. The molecule has 1 saturated heterocycles. The van der Waals surface area contributed by atoms with Crippen LogP contribution in [0.1, 0.15) is 25.7 Å². The van der Waals surface area contributed by atoms with E-state index in [1.165, 1.54) is 38.8 Å². The third-order valence-electron chi connectivity index (χ3n) is 2.25. The zero-order valence-electron chi connectivity index (χ0n) is 7.77. The van der Waals surface area contributed by atoms with Gasteiger partial charge in [0.15, 0.2) is 0 Å². The van der Waals surface area contributed by atoms with E-state index in [0.29, 0.717) is 0 Å². The van der Waals surface area contributed by atoms with Crippen LogP contribution in [0.3, 0.4) is 0 Å². The second-order valence-electron chi connectivity index (χ2n) is 3.76. The molecule has 0 aliphatic carbocycles. The number of rotatable bonds is 2. The molecule has 0 saturated carbocycles. The van der Waals surface area contributed by atoms with Gasteiger partial charge in [0.1, 0.15) is 0 Å². The minimum Gasteiger partial charge on any atom is -0.313 e. The fraction of sp³-hybridized carbons (Fsp3) is 1.00. The maximum absolute atomic E-state index is 3.57. The molecule has 0 aromatic rings. The van der Waals surface area contributed by atoms with E-state index in [9.17, 15) is 0 Å². The molecule has 1 aliphatic heterocycles. The Morgan fingerprint density at radius 3 is 2.82 bits per heavy atom. The average Bonchev–Trinajstić information content (AvgIpc) is 2.14. The van der Waals surface area contributed by atoms with Gasteiger partial charge in [0.2, 0.25) is 0 Å². The first-order valence-corrected chi connectivity index (χ1v) is 4.67. The molecule has 66 valence electrons. The van der Waals surface area contributed by atoms with Crippen molar-refractivity contribution in [1.82, 2.24) is 10.2 Å². The summed E-state index contributed by atoms with van der Waals surface area (Å²) < 4.78 is 0. The number of hydrogen-bond acceptors (Lipinski definition) is 2. The lowest BCUT2D eigenvalue weighted by Crippen LogP contribution is -2.37. The first-order chi connectivity index (χ1) is 5.29. The van der Waals surface area contributed by atoms with Crippen LogP contribution in [0.5, 0.6) is 0 Å². The van der Waals surface area contributed by atoms with Crippen molar-refractivity contribution in [2.75, 3.05) is 27.2 Å². The van der Waals surface area contributed by atoms with E-state index in [0.717, 1.165) is 6.04 Å². The van der Waals surface area contributed by atoms with Crippen molar-refractivity contribution in [3.8, 4) is 0 Å². The van der Waals surface area contributed by atoms with E-state index in [2.05, 4.69) is 24.3 Å². The van der Waals surface area contributed by atoms with Crippen LogP contribution in [-0.2, 0) is 0 Å². The lowest BCUT2D eigenvalue weighted by molar-refractivity contribution is 0.334. The van der Waals surface area contributed by atoms with Gasteiger partial charge in [-0.05, 0) is 33.5 Å². The van der Waals surface area contributed by atoms with Gasteiger partial charge in [-0.15, -0.1) is 0 Å². The zero-order chi connectivity index (χ0) is 8.10. The van der Waals surface area contributed by atoms with Gasteiger partial charge in [0.25, 0.3) is 0 Å². The average molecular weight is 156 g/mol. The summed E-state index contributed by atoms with van der Waals surface area (Å²) >= 11 is 0. The van der Waals surface area contributed by atoms with Crippen molar-refractivity contribution in [2.45, 2.75) is 31.7 Å². The first-order valence-electron chi connectivity index (χ1n) is 4.67. The quantitative estimate of drug-likeness (QED) is 0.643. The van der Waals surface area contributed by atoms with Gasteiger partial charge in [-0.25, -0.2) is 0 Å². The molecule has 0 radical (unpaired) electrons. The summed E-state index contributed by atoms with van der Waals surface area (Å²) in [7, 11) is 4.29. The summed E-state index contributed by atoms with van der Waals surface area (Å²) in [4.78, 5) is 2.27. The molecular weight excluding hydrogens is 136 g/mol. The van der Waals surface area contributed by atoms with E-state index in [1.54, 1.807) is 0 Å². The van der Waals surface area contributed by atoms with E-state index in [1.807, 2.05) is 0 Å². The van der Waals surface area contributed by atoms with Gasteiger partial charge < -0.3 is 10.2 Å². The van der Waals surface area contributed by atoms with Crippen molar-refractivity contribution in [3.05, 3.63) is 0 Å². The molecule has 1 heterocycles. The smallest absolute Gasteiger partial charge is 0.0194 e. The highest BCUT2D eigenvalue weighted by Gasteiger charge is 2.10. The van der Waals surface area contributed by atoms with Crippen LogP contribution in [0.4, 0.5) is 0 Å². The maximum Gasteiger partial charge on any atom is 0.0194 e. The number of nitrogens with zero attached hydrogens (tertiary/aromatic N) is 1. The van der Waals surface area contributed by atoms with Crippen LogP contribution >= 0.6 is 0 Å². The van der Waals surface area contributed by atoms with Crippen LogP contribution in [-0.4, -0.2) is 38.1 Å². The van der Waals surface area contributed by atoms with Gasteiger partial charge in [0.05, 0.1) is 0 Å². The molecule has 1 fully saturated rings. The van der Waals surface area contributed by atoms with Crippen LogP contribution in [0.25, 0.3) is 0 Å². The second-order valence-corrected chi connectivity index (χ2v) is 3.76. The predicted octanol–water partition coefficient (Wildman–Crippen LogP) is 1.08.